The number of pyridine rings is 1. The maximum atomic E-state index is 4.52. The van der Waals surface area contributed by atoms with Crippen LogP contribution >= 0.6 is 0 Å². The van der Waals surface area contributed by atoms with Gasteiger partial charge in [-0.2, -0.15) is 0 Å². The van der Waals surface area contributed by atoms with Crippen molar-refractivity contribution >= 4 is 44.0 Å². The van der Waals surface area contributed by atoms with E-state index in [1.807, 2.05) is 18.5 Å². The summed E-state index contributed by atoms with van der Waals surface area (Å²) in [5.41, 5.74) is 15.8. The summed E-state index contributed by atoms with van der Waals surface area (Å²) >= 11 is 0. The lowest BCUT2D eigenvalue weighted by Crippen LogP contribution is -2.24. The van der Waals surface area contributed by atoms with Crippen molar-refractivity contribution in [3.63, 3.8) is 0 Å². The maximum absolute atomic E-state index is 4.52. The van der Waals surface area contributed by atoms with E-state index in [-0.39, 0.29) is 5.41 Å². The van der Waals surface area contributed by atoms with Gasteiger partial charge < -0.3 is 9.47 Å². The molecule has 0 bridgehead atoms. The number of rotatable bonds is 6. The van der Waals surface area contributed by atoms with Crippen LogP contribution in [-0.2, 0) is 5.41 Å². The van der Waals surface area contributed by atoms with E-state index >= 15 is 0 Å². The molecule has 0 aliphatic heterocycles. The van der Waals surface area contributed by atoms with Crippen molar-refractivity contribution in [3.8, 4) is 39.1 Å². The summed E-state index contributed by atoms with van der Waals surface area (Å²) in [7, 11) is 0. The van der Waals surface area contributed by atoms with Crippen LogP contribution in [0.2, 0.25) is 0 Å². The molecule has 0 saturated carbocycles. The molecular formula is C52H37N3. The number of hydrogen-bond donors (Lipinski definition) is 0. The molecule has 0 amide bonds. The second-order valence-corrected chi connectivity index (χ2v) is 15.0. The molecule has 1 atom stereocenters. The van der Waals surface area contributed by atoms with Crippen LogP contribution in [0, 0.1) is 0 Å². The smallest absolute Gasteiger partial charge is 0.0644 e. The third-order valence-electron chi connectivity index (χ3n) is 11.9. The SMILES string of the molecule is CC1(c2ccc3c(c2)c2ccccc2n3-c2ccccc2)C=CC(N(c2ccc(-c3ccc4c5c(cccc35)-c3ccccc3-4)cc2)c2cccnc2)=CC1. The number of anilines is 2. The van der Waals surface area contributed by atoms with Gasteiger partial charge in [0.05, 0.1) is 22.9 Å². The van der Waals surface area contributed by atoms with E-state index in [1.54, 1.807) is 0 Å². The van der Waals surface area contributed by atoms with Crippen molar-refractivity contribution in [3.05, 3.63) is 206 Å². The molecule has 260 valence electrons. The van der Waals surface area contributed by atoms with Gasteiger partial charge in [-0.3, -0.25) is 4.98 Å². The predicted molar refractivity (Wildman–Crippen MR) is 230 cm³/mol. The number of para-hydroxylation sites is 2. The van der Waals surface area contributed by atoms with Gasteiger partial charge in [-0.25, -0.2) is 0 Å². The maximum Gasteiger partial charge on any atom is 0.0644 e. The van der Waals surface area contributed by atoms with Gasteiger partial charge in [0, 0.05) is 39.5 Å². The van der Waals surface area contributed by atoms with Gasteiger partial charge in [0.15, 0.2) is 0 Å². The predicted octanol–water partition coefficient (Wildman–Crippen LogP) is 13.6. The Labute approximate surface area is 320 Å². The molecule has 2 heterocycles. The van der Waals surface area contributed by atoms with Gasteiger partial charge in [-0.05, 0) is 117 Å². The van der Waals surface area contributed by atoms with Gasteiger partial charge in [0.2, 0.25) is 0 Å². The molecule has 2 aliphatic carbocycles. The summed E-state index contributed by atoms with van der Waals surface area (Å²) in [6.45, 7) is 2.36. The Morgan fingerprint density at radius 3 is 2.05 bits per heavy atom. The van der Waals surface area contributed by atoms with Gasteiger partial charge in [0.25, 0.3) is 0 Å². The van der Waals surface area contributed by atoms with Crippen LogP contribution in [0.5, 0.6) is 0 Å². The molecule has 0 saturated heterocycles. The number of nitrogens with zero attached hydrogens (tertiary/aromatic N) is 3. The third-order valence-corrected chi connectivity index (χ3v) is 11.9. The molecule has 0 N–H and O–H groups in total. The molecule has 0 radical (unpaired) electrons. The van der Waals surface area contributed by atoms with E-state index in [1.165, 1.54) is 77.2 Å². The molecule has 0 spiro atoms. The second-order valence-electron chi connectivity index (χ2n) is 15.0. The molecule has 1 unspecified atom stereocenters. The molecule has 7 aromatic carbocycles. The zero-order valence-corrected chi connectivity index (χ0v) is 30.5. The first-order valence-electron chi connectivity index (χ1n) is 19.1. The number of allylic oxidation sites excluding steroid dienone is 3. The summed E-state index contributed by atoms with van der Waals surface area (Å²) in [5, 5.41) is 5.20. The fraction of sp³-hybridized carbons (Fsp3) is 0.0577. The van der Waals surface area contributed by atoms with Crippen LogP contribution in [0.3, 0.4) is 0 Å². The summed E-state index contributed by atoms with van der Waals surface area (Å²) in [6.07, 6.45) is 11.7. The Morgan fingerprint density at radius 1 is 0.564 bits per heavy atom. The van der Waals surface area contributed by atoms with Gasteiger partial charge in [0.1, 0.15) is 0 Å². The molecule has 2 aromatic heterocycles. The van der Waals surface area contributed by atoms with Crippen LogP contribution in [0.25, 0.3) is 71.6 Å². The molecule has 9 aromatic rings. The van der Waals surface area contributed by atoms with E-state index in [4.69, 9.17) is 0 Å². The molecule has 55 heavy (non-hydrogen) atoms. The molecule has 2 aliphatic rings. The standard InChI is InChI=1S/C52H37N3/c1-52(36-22-27-50-48(33-36)44-16-7-8-19-49(44)55(50)37-11-3-2-4-12-37)30-28-39(29-31-52)54(40-13-10-32-53-34-40)38-23-20-35(21-24-38)41-25-26-47-43-15-6-5-14-42(43)46-18-9-17-45(41)51(46)47/h2-30,32-34H,31H2,1H3. The zero-order valence-electron chi connectivity index (χ0n) is 30.5. The first-order chi connectivity index (χ1) is 27.1. The van der Waals surface area contributed by atoms with Gasteiger partial charge >= 0.3 is 0 Å². The van der Waals surface area contributed by atoms with Crippen molar-refractivity contribution in [2.24, 2.45) is 0 Å². The van der Waals surface area contributed by atoms with Crippen molar-refractivity contribution < 1.29 is 0 Å². The van der Waals surface area contributed by atoms with E-state index in [0.29, 0.717) is 0 Å². The summed E-state index contributed by atoms with van der Waals surface area (Å²) < 4.78 is 2.38. The van der Waals surface area contributed by atoms with Crippen LogP contribution in [-0.4, -0.2) is 9.55 Å². The number of aromatic nitrogens is 2. The Kier molecular flexibility index (Phi) is 7.05. The first-order valence-corrected chi connectivity index (χ1v) is 19.1. The lowest BCUT2D eigenvalue weighted by atomic mass is 9.76. The van der Waals surface area contributed by atoms with Gasteiger partial charge in [-0.1, -0.05) is 128 Å². The van der Waals surface area contributed by atoms with Crippen molar-refractivity contribution in [2.45, 2.75) is 18.8 Å². The van der Waals surface area contributed by atoms with E-state index in [0.717, 1.165) is 23.5 Å². The highest BCUT2D eigenvalue weighted by atomic mass is 15.2. The summed E-state index contributed by atoms with van der Waals surface area (Å²) in [5.74, 6) is 0. The lowest BCUT2D eigenvalue weighted by Gasteiger charge is -2.33. The third kappa shape index (κ3) is 4.93. The highest BCUT2D eigenvalue weighted by Crippen LogP contribution is 2.49. The van der Waals surface area contributed by atoms with Crippen molar-refractivity contribution in [2.75, 3.05) is 4.90 Å². The average Bonchev–Trinajstić information content (AvgIpc) is 3.76. The minimum Gasteiger partial charge on any atom is -0.309 e. The molecule has 3 heteroatoms. The lowest BCUT2D eigenvalue weighted by molar-refractivity contribution is 0.596. The highest BCUT2D eigenvalue weighted by Gasteiger charge is 2.29. The van der Waals surface area contributed by atoms with Crippen molar-refractivity contribution in [1.82, 2.24) is 9.55 Å². The van der Waals surface area contributed by atoms with E-state index in [9.17, 15) is 0 Å². The first kappa shape index (κ1) is 31.5. The number of hydrogen-bond acceptors (Lipinski definition) is 2. The van der Waals surface area contributed by atoms with Crippen LogP contribution in [0.4, 0.5) is 11.4 Å². The molecule has 0 fully saturated rings. The van der Waals surface area contributed by atoms with E-state index < -0.39 is 0 Å². The summed E-state index contributed by atoms with van der Waals surface area (Å²) in [4.78, 5) is 6.85. The average molecular weight is 704 g/mol. The molecule has 11 rings (SSSR count). The molecular weight excluding hydrogens is 667 g/mol. The van der Waals surface area contributed by atoms with Crippen LogP contribution in [0.15, 0.2) is 200 Å². The normalized spacial score (nSPS) is 15.8. The van der Waals surface area contributed by atoms with E-state index in [2.05, 4.69) is 197 Å². The Balaban J connectivity index is 0.941. The van der Waals surface area contributed by atoms with Gasteiger partial charge in [-0.15, -0.1) is 0 Å². The minimum atomic E-state index is -0.159. The Bertz CT molecular complexity index is 2980. The topological polar surface area (TPSA) is 21.1 Å². The molecule has 3 nitrogen and oxygen atoms in total. The zero-order chi connectivity index (χ0) is 36.5. The number of benzene rings is 7. The Hall–Kier alpha value is -6.97. The fourth-order valence-electron chi connectivity index (χ4n) is 9.07. The quantitative estimate of drug-likeness (QED) is 0.172. The summed E-state index contributed by atoms with van der Waals surface area (Å²) in [6, 6.07) is 59.7. The van der Waals surface area contributed by atoms with Crippen LogP contribution in [0.1, 0.15) is 18.9 Å². The number of fused-ring (bicyclic) bond motifs is 6. The van der Waals surface area contributed by atoms with Crippen molar-refractivity contribution in [1.29, 1.82) is 0 Å². The Morgan fingerprint density at radius 2 is 1.27 bits per heavy atom. The van der Waals surface area contributed by atoms with Crippen LogP contribution < -0.4 is 4.90 Å². The second kappa shape index (κ2) is 12.3. The highest BCUT2D eigenvalue weighted by molar-refractivity contribution is 6.18. The monoisotopic (exact) mass is 703 g/mol. The minimum absolute atomic E-state index is 0.159. The fourth-order valence-corrected chi connectivity index (χ4v) is 9.07. The largest absolute Gasteiger partial charge is 0.309 e.